The molecule has 30 heavy (non-hydrogen) atoms. The Morgan fingerprint density at radius 1 is 1.17 bits per heavy atom. The predicted octanol–water partition coefficient (Wildman–Crippen LogP) is 5.63. The molecule has 0 N–H and O–H groups in total. The molecule has 8 heteroatoms. The normalized spacial score (nSPS) is 18.8. The van der Waals surface area contributed by atoms with E-state index < -0.39 is 9.84 Å². The lowest BCUT2D eigenvalue weighted by atomic mass is 10.1. The first kappa shape index (κ1) is 22.9. The number of thioether (sulfide) groups is 2. The van der Waals surface area contributed by atoms with Crippen LogP contribution in [-0.2, 0) is 9.84 Å². The summed E-state index contributed by atoms with van der Waals surface area (Å²) in [6.45, 7) is 5.84. The summed E-state index contributed by atoms with van der Waals surface area (Å²) in [5.41, 5.74) is 2.08. The lowest BCUT2D eigenvalue weighted by molar-refractivity contribution is 0.286. The van der Waals surface area contributed by atoms with Gasteiger partial charge in [0.05, 0.1) is 25.4 Å². The first-order valence-electron chi connectivity index (χ1n) is 9.56. The van der Waals surface area contributed by atoms with Gasteiger partial charge in [-0.25, -0.2) is 8.42 Å². The molecular weight excluding hydrogens is 440 g/mol. The van der Waals surface area contributed by atoms with E-state index in [9.17, 15) is 8.42 Å². The Morgan fingerprint density at radius 3 is 2.63 bits per heavy atom. The average Bonchev–Trinajstić information content (AvgIpc) is 3.27. The van der Waals surface area contributed by atoms with E-state index in [0.717, 1.165) is 28.9 Å². The van der Waals surface area contributed by atoms with Gasteiger partial charge in [-0.2, -0.15) is 0 Å². The van der Waals surface area contributed by atoms with Crippen LogP contribution in [0.1, 0.15) is 34.3 Å². The van der Waals surface area contributed by atoms with Crippen LogP contribution in [0.5, 0.6) is 17.2 Å². The second-order valence-electron chi connectivity index (χ2n) is 6.68. The van der Waals surface area contributed by atoms with Crippen LogP contribution in [0.4, 0.5) is 0 Å². The number of hydrogen-bond acceptors (Lipinski definition) is 7. The zero-order valence-corrected chi connectivity index (χ0v) is 19.7. The molecule has 0 aliphatic carbocycles. The van der Waals surface area contributed by atoms with Gasteiger partial charge in [-0.05, 0) is 41.8 Å². The standard InChI is InChI=1S/C22H26O5S3/c1-5-10-27-21-18(26-4)12-16(13-20(21)30(23,24)6-2)22-28-14-19(29-22)15-8-7-9-17(11-15)25-3/h6-9,11-13,19,22H,2,5,10,14H2,1,3-4H3. The first-order valence-corrected chi connectivity index (χ1v) is 13.1. The number of rotatable bonds is 9. The molecule has 5 nitrogen and oxygen atoms in total. The largest absolute Gasteiger partial charge is 0.497 e. The van der Waals surface area contributed by atoms with Gasteiger partial charge in [0.2, 0.25) is 9.84 Å². The van der Waals surface area contributed by atoms with E-state index in [1.165, 1.54) is 12.7 Å². The van der Waals surface area contributed by atoms with Crippen molar-refractivity contribution in [3.8, 4) is 17.2 Å². The molecule has 1 aliphatic heterocycles. The summed E-state index contributed by atoms with van der Waals surface area (Å²) in [5, 5.41) is 1.25. The molecule has 2 atom stereocenters. The maximum atomic E-state index is 12.7. The summed E-state index contributed by atoms with van der Waals surface area (Å²) in [7, 11) is -0.510. The highest BCUT2D eigenvalue weighted by atomic mass is 32.2. The highest BCUT2D eigenvalue weighted by Gasteiger charge is 2.31. The monoisotopic (exact) mass is 466 g/mol. The Balaban J connectivity index is 1.96. The minimum Gasteiger partial charge on any atom is -0.497 e. The van der Waals surface area contributed by atoms with E-state index in [1.54, 1.807) is 36.7 Å². The van der Waals surface area contributed by atoms with Crippen LogP contribution in [-0.4, -0.2) is 35.0 Å². The van der Waals surface area contributed by atoms with Crippen molar-refractivity contribution < 1.29 is 22.6 Å². The van der Waals surface area contributed by atoms with Crippen molar-refractivity contribution in [1.29, 1.82) is 0 Å². The molecule has 0 radical (unpaired) electrons. The van der Waals surface area contributed by atoms with Crippen molar-refractivity contribution >= 4 is 33.4 Å². The average molecular weight is 467 g/mol. The highest BCUT2D eigenvalue weighted by Crippen LogP contribution is 2.57. The molecule has 3 rings (SSSR count). The Kier molecular flexibility index (Phi) is 7.65. The van der Waals surface area contributed by atoms with Gasteiger partial charge < -0.3 is 14.2 Å². The van der Waals surface area contributed by atoms with Crippen LogP contribution in [0.3, 0.4) is 0 Å². The fraction of sp³-hybridized carbons (Fsp3) is 0.364. The number of benzene rings is 2. The van der Waals surface area contributed by atoms with E-state index in [2.05, 4.69) is 18.7 Å². The van der Waals surface area contributed by atoms with E-state index in [4.69, 9.17) is 14.2 Å². The van der Waals surface area contributed by atoms with Gasteiger partial charge in [0.1, 0.15) is 10.6 Å². The molecule has 1 saturated heterocycles. The molecular formula is C22H26O5S3. The number of methoxy groups -OCH3 is 2. The molecule has 0 aromatic heterocycles. The maximum absolute atomic E-state index is 12.7. The van der Waals surface area contributed by atoms with Crippen LogP contribution >= 0.6 is 23.5 Å². The molecule has 0 saturated carbocycles. The van der Waals surface area contributed by atoms with Crippen LogP contribution in [0.2, 0.25) is 0 Å². The van der Waals surface area contributed by atoms with Crippen molar-refractivity contribution in [3.63, 3.8) is 0 Å². The lowest BCUT2D eigenvalue weighted by Crippen LogP contribution is -2.06. The second kappa shape index (κ2) is 10.0. The zero-order chi connectivity index (χ0) is 21.7. The molecule has 0 amide bonds. The summed E-state index contributed by atoms with van der Waals surface area (Å²) < 4.78 is 42.1. The minimum absolute atomic E-state index is 0.0779. The molecule has 2 unspecified atom stereocenters. The summed E-state index contributed by atoms with van der Waals surface area (Å²) >= 11 is 3.58. The number of ether oxygens (including phenoxy) is 3. The van der Waals surface area contributed by atoms with Crippen molar-refractivity contribution in [2.45, 2.75) is 28.1 Å². The quantitative estimate of drug-likeness (QED) is 0.475. The first-order chi connectivity index (χ1) is 14.4. The molecule has 0 spiro atoms. The Bertz CT molecular complexity index is 1000. The third kappa shape index (κ3) is 4.92. The minimum atomic E-state index is -3.69. The lowest BCUT2D eigenvalue weighted by Gasteiger charge is -2.18. The number of hydrogen-bond donors (Lipinski definition) is 0. The third-order valence-electron chi connectivity index (χ3n) is 4.66. The van der Waals surface area contributed by atoms with Gasteiger partial charge in [0.15, 0.2) is 11.5 Å². The van der Waals surface area contributed by atoms with Gasteiger partial charge >= 0.3 is 0 Å². The maximum Gasteiger partial charge on any atom is 0.203 e. The van der Waals surface area contributed by atoms with Gasteiger partial charge in [0.25, 0.3) is 0 Å². The van der Waals surface area contributed by atoms with E-state index in [1.807, 2.05) is 25.1 Å². The molecule has 2 aromatic rings. The fourth-order valence-electron chi connectivity index (χ4n) is 3.13. The van der Waals surface area contributed by atoms with Gasteiger partial charge in [0, 0.05) is 16.4 Å². The second-order valence-corrected chi connectivity index (χ2v) is 11.3. The summed E-state index contributed by atoms with van der Waals surface area (Å²) in [5.74, 6) is 2.43. The van der Waals surface area contributed by atoms with E-state index in [-0.39, 0.29) is 20.5 Å². The fourth-order valence-corrected chi connectivity index (χ4v) is 7.29. The zero-order valence-electron chi connectivity index (χ0n) is 17.3. The molecule has 2 aromatic carbocycles. The van der Waals surface area contributed by atoms with Gasteiger partial charge in [-0.3, -0.25) is 0 Å². The SMILES string of the molecule is C=CS(=O)(=O)c1cc(C2SCC(c3cccc(OC)c3)S2)cc(OC)c1OCCC. The number of sulfone groups is 1. The van der Waals surface area contributed by atoms with Crippen molar-refractivity contribution in [2.75, 3.05) is 26.6 Å². The van der Waals surface area contributed by atoms with Crippen LogP contribution in [0, 0.1) is 0 Å². The predicted molar refractivity (Wildman–Crippen MR) is 125 cm³/mol. The molecule has 1 fully saturated rings. The molecule has 1 heterocycles. The van der Waals surface area contributed by atoms with E-state index >= 15 is 0 Å². The van der Waals surface area contributed by atoms with E-state index in [0.29, 0.717) is 12.4 Å². The van der Waals surface area contributed by atoms with Crippen LogP contribution < -0.4 is 14.2 Å². The highest BCUT2D eigenvalue weighted by molar-refractivity contribution is 8.19. The van der Waals surface area contributed by atoms with Crippen LogP contribution in [0.25, 0.3) is 0 Å². The Hall–Kier alpha value is -1.77. The van der Waals surface area contributed by atoms with Crippen molar-refractivity contribution in [2.24, 2.45) is 0 Å². The summed E-state index contributed by atoms with van der Waals surface area (Å²) in [6, 6.07) is 11.6. The van der Waals surface area contributed by atoms with Gasteiger partial charge in [-0.1, -0.05) is 25.6 Å². The smallest absolute Gasteiger partial charge is 0.203 e. The van der Waals surface area contributed by atoms with Crippen molar-refractivity contribution in [1.82, 2.24) is 0 Å². The van der Waals surface area contributed by atoms with Crippen LogP contribution in [0.15, 0.2) is 53.3 Å². The molecule has 0 bridgehead atoms. The molecule has 1 aliphatic rings. The topological polar surface area (TPSA) is 61.8 Å². The Morgan fingerprint density at radius 2 is 1.97 bits per heavy atom. The summed E-state index contributed by atoms with van der Waals surface area (Å²) in [4.78, 5) is 0.103. The van der Waals surface area contributed by atoms with Crippen molar-refractivity contribution in [3.05, 3.63) is 59.5 Å². The molecule has 162 valence electrons. The third-order valence-corrected chi connectivity index (χ3v) is 9.36. The van der Waals surface area contributed by atoms with Gasteiger partial charge in [-0.15, -0.1) is 23.5 Å². The summed E-state index contributed by atoms with van der Waals surface area (Å²) in [6.07, 6.45) is 0.759. The Labute approximate surface area is 187 Å².